The van der Waals surface area contributed by atoms with Crippen molar-refractivity contribution >= 4 is 27.6 Å². The van der Waals surface area contributed by atoms with Gasteiger partial charge in [-0.2, -0.15) is 0 Å². The van der Waals surface area contributed by atoms with Crippen molar-refractivity contribution in [3.8, 4) is 5.75 Å². The molecule has 132 valence electrons. The largest absolute Gasteiger partial charge is 0.483 e. The van der Waals surface area contributed by atoms with Crippen LogP contribution in [0.1, 0.15) is 10.4 Å². The van der Waals surface area contributed by atoms with Crippen molar-refractivity contribution in [2.75, 3.05) is 19.0 Å². The van der Waals surface area contributed by atoms with E-state index in [1.54, 1.807) is 18.2 Å². The molecule has 9 heteroatoms. The molecule has 0 spiro atoms. The fraction of sp³-hybridized carbons (Fsp3) is 0.125. The van der Waals surface area contributed by atoms with Crippen LogP contribution in [0.5, 0.6) is 5.75 Å². The maximum absolute atomic E-state index is 11.9. The summed E-state index contributed by atoms with van der Waals surface area (Å²) in [6, 6.07) is 11.7. The highest BCUT2D eigenvalue weighted by Crippen LogP contribution is 2.19. The number of primary sulfonamides is 1. The summed E-state index contributed by atoms with van der Waals surface area (Å²) in [5.41, 5.74) is 0.581. The summed E-state index contributed by atoms with van der Waals surface area (Å²) in [6.45, 7) is -0.342. The van der Waals surface area contributed by atoms with Crippen molar-refractivity contribution in [2.45, 2.75) is 4.90 Å². The molecule has 0 saturated heterocycles. The van der Waals surface area contributed by atoms with Crippen LogP contribution in [-0.4, -0.2) is 34.0 Å². The Morgan fingerprint density at radius 1 is 1.08 bits per heavy atom. The number of carbonyl (C=O) groups excluding carboxylic acids is 2. The maximum Gasteiger partial charge on any atom is 0.341 e. The second-order valence-electron chi connectivity index (χ2n) is 4.89. The van der Waals surface area contributed by atoms with Crippen molar-refractivity contribution in [2.24, 2.45) is 5.14 Å². The first kappa shape index (κ1) is 18.4. The Hall–Kier alpha value is -2.91. The molecule has 8 nitrogen and oxygen atoms in total. The number of para-hydroxylation sites is 1. The van der Waals surface area contributed by atoms with Crippen LogP contribution in [-0.2, 0) is 19.6 Å². The fourth-order valence-electron chi connectivity index (χ4n) is 1.94. The lowest BCUT2D eigenvalue weighted by Crippen LogP contribution is -2.21. The van der Waals surface area contributed by atoms with Gasteiger partial charge in [-0.25, -0.2) is 18.4 Å². The van der Waals surface area contributed by atoms with Gasteiger partial charge in [0.2, 0.25) is 10.0 Å². The van der Waals surface area contributed by atoms with E-state index in [-0.39, 0.29) is 22.8 Å². The summed E-state index contributed by atoms with van der Waals surface area (Å²) in [4.78, 5) is 23.5. The molecule has 0 saturated carbocycles. The third kappa shape index (κ3) is 5.03. The lowest BCUT2D eigenvalue weighted by molar-refractivity contribution is -0.118. The van der Waals surface area contributed by atoms with E-state index in [0.29, 0.717) is 5.69 Å². The minimum Gasteiger partial charge on any atom is -0.483 e. The first-order valence-electron chi connectivity index (χ1n) is 7.04. The van der Waals surface area contributed by atoms with Gasteiger partial charge in [0, 0.05) is 5.69 Å². The summed E-state index contributed by atoms with van der Waals surface area (Å²) in [5.74, 6) is -0.841. The van der Waals surface area contributed by atoms with Gasteiger partial charge in [0.05, 0.1) is 12.0 Å². The molecule has 25 heavy (non-hydrogen) atoms. The van der Waals surface area contributed by atoms with Gasteiger partial charge in [-0.15, -0.1) is 0 Å². The molecule has 2 rings (SSSR count). The molecule has 2 aromatic carbocycles. The van der Waals surface area contributed by atoms with E-state index in [1.165, 1.54) is 37.4 Å². The van der Waals surface area contributed by atoms with Crippen LogP contribution in [0.25, 0.3) is 0 Å². The normalized spacial score (nSPS) is 10.8. The molecule has 3 N–H and O–H groups in total. The zero-order chi connectivity index (χ0) is 18.4. The maximum atomic E-state index is 11.9. The van der Waals surface area contributed by atoms with E-state index < -0.39 is 21.9 Å². The molecular formula is C16H16N2O6S. The Kier molecular flexibility index (Phi) is 5.73. The first-order chi connectivity index (χ1) is 11.8. The van der Waals surface area contributed by atoms with Crippen molar-refractivity contribution < 1.29 is 27.5 Å². The summed E-state index contributed by atoms with van der Waals surface area (Å²) >= 11 is 0. The van der Waals surface area contributed by atoms with Crippen LogP contribution in [0, 0.1) is 0 Å². The van der Waals surface area contributed by atoms with Gasteiger partial charge >= 0.3 is 5.97 Å². The number of nitrogens with one attached hydrogen (secondary N) is 1. The topological polar surface area (TPSA) is 125 Å². The van der Waals surface area contributed by atoms with Gasteiger partial charge in [0.15, 0.2) is 6.61 Å². The molecule has 0 heterocycles. The number of methoxy groups -OCH3 is 1. The van der Waals surface area contributed by atoms with Gasteiger partial charge in [-0.05, 0) is 36.4 Å². The highest BCUT2D eigenvalue weighted by Gasteiger charge is 2.14. The van der Waals surface area contributed by atoms with E-state index in [4.69, 9.17) is 9.88 Å². The Morgan fingerprint density at radius 3 is 2.32 bits per heavy atom. The van der Waals surface area contributed by atoms with Gasteiger partial charge in [0.1, 0.15) is 11.3 Å². The Labute approximate surface area is 144 Å². The van der Waals surface area contributed by atoms with Crippen LogP contribution in [0.3, 0.4) is 0 Å². The number of nitrogens with two attached hydrogens (primary N) is 1. The number of anilines is 1. The third-order valence-corrected chi connectivity index (χ3v) is 4.05. The first-order valence-corrected chi connectivity index (χ1v) is 8.59. The number of hydrogen-bond donors (Lipinski definition) is 2. The van der Waals surface area contributed by atoms with Crippen LogP contribution >= 0.6 is 0 Å². The molecule has 0 bridgehead atoms. The molecule has 0 aliphatic carbocycles. The molecule has 0 radical (unpaired) electrons. The predicted octanol–water partition coefficient (Wildman–Crippen LogP) is 1.14. The van der Waals surface area contributed by atoms with Crippen LogP contribution in [0.2, 0.25) is 0 Å². The van der Waals surface area contributed by atoms with Crippen LogP contribution in [0.15, 0.2) is 53.4 Å². The lowest BCUT2D eigenvalue weighted by atomic mass is 10.2. The van der Waals surface area contributed by atoms with E-state index >= 15 is 0 Å². The molecule has 0 fully saturated rings. The van der Waals surface area contributed by atoms with Crippen LogP contribution in [0.4, 0.5) is 5.69 Å². The number of benzene rings is 2. The standard InChI is InChI=1S/C16H16N2O6S/c1-23-16(20)13-4-2-3-5-14(13)24-10-15(19)18-11-6-8-12(9-7-11)25(17,21)22/h2-9H,10H2,1H3,(H,18,19)(H2,17,21,22). The molecule has 0 aliphatic heterocycles. The van der Waals surface area contributed by atoms with E-state index in [0.717, 1.165) is 0 Å². The molecule has 0 unspecified atom stereocenters. The minimum atomic E-state index is -3.79. The molecular weight excluding hydrogens is 348 g/mol. The average molecular weight is 364 g/mol. The number of hydrogen-bond acceptors (Lipinski definition) is 6. The molecule has 0 aromatic heterocycles. The van der Waals surface area contributed by atoms with Crippen molar-refractivity contribution in [3.05, 3.63) is 54.1 Å². The molecule has 1 amide bonds. The van der Waals surface area contributed by atoms with E-state index in [1.807, 2.05) is 0 Å². The van der Waals surface area contributed by atoms with Gasteiger partial charge < -0.3 is 14.8 Å². The highest BCUT2D eigenvalue weighted by molar-refractivity contribution is 7.89. The lowest BCUT2D eigenvalue weighted by Gasteiger charge is -2.10. The quantitative estimate of drug-likeness (QED) is 0.741. The SMILES string of the molecule is COC(=O)c1ccccc1OCC(=O)Nc1ccc(S(N)(=O)=O)cc1. The Bertz CT molecular complexity index is 878. The number of esters is 1. The zero-order valence-corrected chi connectivity index (χ0v) is 14.1. The second-order valence-corrected chi connectivity index (χ2v) is 6.46. The summed E-state index contributed by atoms with van der Waals surface area (Å²) < 4.78 is 32.3. The number of sulfonamides is 1. The third-order valence-electron chi connectivity index (χ3n) is 3.12. The molecule has 2 aromatic rings. The van der Waals surface area contributed by atoms with Crippen molar-refractivity contribution in [1.82, 2.24) is 0 Å². The zero-order valence-electron chi connectivity index (χ0n) is 13.3. The smallest absolute Gasteiger partial charge is 0.341 e. The number of ether oxygens (including phenoxy) is 2. The van der Waals surface area contributed by atoms with E-state index in [2.05, 4.69) is 10.1 Å². The second kappa shape index (κ2) is 7.77. The Morgan fingerprint density at radius 2 is 1.72 bits per heavy atom. The van der Waals surface area contributed by atoms with Crippen molar-refractivity contribution in [1.29, 1.82) is 0 Å². The number of amides is 1. The van der Waals surface area contributed by atoms with Gasteiger partial charge in [-0.1, -0.05) is 12.1 Å². The number of carbonyl (C=O) groups is 2. The summed E-state index contributed by atoms with van der Waals surface area (Å²) in [5, 5.41) is 7.54. The highest BCUT2D eigenvalue weighted by atomic mass is 32.2. The fourth-order valence-corrected chi connectivity index (χ4v) is 2.45. The predicted molar refractivity (Wildman–Crippen MR) is 89.7 cm³/mol. The monoisotopic (exact) mass is 364 g/mol. The molecule has 0 atom stereocenters. The number of rotatable bonds is 6. The van der Waals surface area contributed by atoms with E-state index in [9.17, 15) is 18.0 Å². The minimum absolute atomic E-state index is 0.0613. The summed E-state index contributed by atoms with van der Waals surface area (Å²) in [6.07, 6.45) is 0. The van der Waals surface area contributed by atoms with Gasteiger partial charge in [0.25, 0.3) is 5.91 Å². The summed E-state index contributed by atoms with van der Waals surface area (Å²) in [7, 11) is -2.54. The van der Waals surface area contributed by atoms with Gasteiger partial charge in [-0.3, -0.25) is 4.79 Å². The average Bonchev–Trinajstić information content (AvgIpc) is 2.59. The molecule has 0 aliphatic rings. The Balaban J connectivity index is 1.99. The van der Waals surface area contributed by atoms with Crippen LogP contribution < -0.4 is 15.2 Å². The van der Waals surface area contributed by atoms with Crippen molar-refractivity contribution in [3.63, 3.8) is 0 Å².